The highest BCUT2D eigenvalue weighted by Crippen LogP contribution is 2.14. The molecule has 0 radical (unpaired) electrons. The van der Waals surface area contributed by atoms with E-state index in [1.165, 1.54) is 0 Å². The Kier molecular flexibility index (Phi) is 3.78. The molecule has 0 atom stereocenters. The van der Waals surface area contributed by atoms with Crippen molar-refractivity contribution in [2.24, 2.45) is 0 Å². The van der Waals surface area contributed by atoms with Crippen LogP contribution in [0.4, 0.5) is 11.6 Å². The van der Waals surface area contributed by atoms with Crippen molar-refractivity contribution in [2.75, 3.05) is 36.8 Å². The third-order valence-electron chi connectivity index (χ3n) is 3.56. The zero-order valence-electron chi connectivity index (χ0n) is 11.4. The number of piperazine rings is 1. The first-order valence-electron chi connectivity index (χ1n) is 6.91. The second-order valence-electron chi connectivity index (χ2n) is 5.00. The summed E-state index contributed by atoms with van der Waals surface area (Å²) in [6, 6.07) is 11.9. The van der Waals surface area contributed by atoms with Gasteiger partial charge in [-0.15, -0.1) is 0 Å². The first-order chi connectivity index (χ1) is 9.81. The van der Waals surface area contributed by atoms with Crippen molar-refractivity contribution < 1.29 is 0 Å². The second kappa shape index (κ2) is 5.88. The van der Waals surface area contributed by atoms with E-state index in [4.69, 9.17) is 5.73 Å². The molecule has 3 rings (SSSR count). The van der Waals surface area contributed by atoms with Crippen LogP contribution in [0.5, 0.6) is 0 Å². The van der Waals surface area contributed by atoms with E-state index in [0.717, 1.165) is 44.2 Å². The van der Waals surface area contributed by atoms with Crippen LogP contribution in [0, 0.1) is 0 Å². The number of pyridine rings is 2. The molecule has 20 heavy (non-hydrogen) atoms. The molecule has 5 heteroatoms. The number of hydrogen-bond donors (Lipinski definition) is 1. The number of hydrogen-bond acceptors (Lipinski definition) is 5. The second-order valence-corrected chi connectivity index (χ2v) is 5.00. The fourth-order valence-electron chi connectivity index (χ4n) is 2.49. The summed E-state index contributed by atoms with van der Waals surface area (Å²) in [6.07, 6.45) is 1.85. The first-order valence-corrected chi connectivity index (χ1v) is 6.91. The molecule has 0 saturated carbocycles. The average Bonchev–Trinajstić information content (AvgIpc) is 2.49. The van der Waals surface area contributed by atoms with Crippen molar-refractivity contribution in [2.45, 2.75) is 6.54 Å². The lowest BCUT2D eigenvalue weighted by molar-refractivity contribution is 0.246. The van der Waals surface area contributed by atoms with Gasteiger partial charge in [0.15, 0.2) is 0 Å². The van der Waals surface area contributed by atoms with E-state index in [2.05, 4.69) is 25.8 Å². The monoisotopic (exact) mass is 269 g/mol. The molecular weight excluding hydrogens is 250 g/mol. The number of aromatic nitrogens is 2. The summed E-state index contributed by atoms with van der Waals surface area (Å²) in [6.45, 7) is 4.90. The smallest absolute Gasteiger partial charge is 0.128 e. The van der Waals surface area contributed by atoms with Gasteiger partial charge in [0.2, 0.25) is 0 Å². The molecule has 2 N–H and O–H groups in total. The maximum atomic E-state index is 5.72. The minimum atomic E-state index is 0.592. The third-order valence-corrected chi connectivity index (χ3v) is 3.56. The molecule has 2 aromatic heterocycles. The molecule has 0 unspecified atom stereocenters. The summed E-state index contributed by atoms with van der Waals surface area (Å²) >= 11 is 0. The Hall–Kier alpha value is -2.14. The zero-order valence-corrected chi connectivity index (χ0v) is 11.4. The van der Waals surface area contributed by atoms with Gasteiger partial charge in [-0.2, -0.15) is 0 Å². The Bertz CT molecular complexity index is 549. The molecule has 1 aliphatic rings. The Morgan fingerprint density at radius 3 is 2.55 bits per heavy atom. The van der Waals surface area contributed by atoms with E-state index in [9.17, 15) is 0 Å². The molecule has 0 aliphatic carbocycles. The van der Waals surface area contributed by atoms with E-state index < -0.39 is 0 Å². The molecule has 5 nitrogen and oxygen atoms in total. The van der Waals surface area contributed by atoms with E-state index >= 15 is 0 Å². The first kappa shape index (κ1) is 12.9. The number of nitrogens with zero attached hydrogens (tertiary/aromatic N) is 4. The van der Waals surface area contributed by atoms with Gasteiger partial charge in [-0.1, -0.05) is 12.1 Å². The van der Waals surface area contributed by atoms with Crippen LogP contribution in [0.1, 0.15) is 5.69 Å². The number of anilines is 2. The van der Waals surface area contributed by atoms with Crippen LogP contribution in [0.3, 0.4) is 0 Å². The van der Waals surface area contributed by atoms with Crippen LogP contribution in [-0.4, -0.2) is 41.0 Å². The predicted molar refractivity (Wildman–Crippen MR) is 80.4 cm³/mol. The van der Waals surface area contributed by atoms with Gasteiger partial charge in [0.05, 0.1) is 5.69 Å². The summed E-state index contributed by atoms with van der Waals surface area (Å²) in [5.41, 5.74) is 6.75. The van der Waals surface area contributed by atoms with Crippen LogP contribution in [0.2, 0.25) is 0 Å². The minimum absolute atomic E-state index is 0.592. The maximum Gasteiger partial charge on any atom is 0.128 e. The minimum Gasteiger partial charge on any atom is -0.384 e. The third kappa shape index (κ3) is 3.05. The van der Waals surface area contributed by atoms with Crippen molar-refractivity contribution in [1.29, 1.82) is 0 Å². The van der Waals surface area contributed by atoms with E-state index in [1.807, 2.05) is 36.5 Å². The van der Waals surface area contributed by atoms with E-state index in [0.29, 0.717) is 5.82 Å². The number of nitrogen functional groups attached to an aromatic ring is 1. The van der Waals surface area contributed by atoms with Gasteiger partial charge in [0.1, 0.15) is 11.6 Å². The molecule has 0 aromatic carbocycles. The summed E-state index contributed by atoms with van der Waals surface area (Å²) in [5.74, 6) is 1.66. The predicted octanol–water partition coefficient (Wildman–Crippen LogP) is 1.38. The maximum absolute atomic E-state index is 5.72. The highest BCUT2D eigenvalue weighted by atomic mass is 15.3. The standard InChI is InChI=1S/C15H19N5/c16-14-5-3-4-13(18-14)12-19-8-10-20(11-9-19)15-6-1-2-7-17-15/h1-7H,8-12H2,(H2,16,18). The van der Waals surface area contributed by atoms with Crippen LogP contribution < -0.4 is 10.6 Å². The van der Waals surface area contributed by atoms with Crippen molar-refractivity contribution in [3.63, 3.8) is 0 Å². The van der Waals surface area contributed by atoms with Gasteiger partial charge < -0.3 is 10.6 Å². The van der Waals surface area contributed by atoms with Crippen molar-refractivity contribution in [3.8, 4) is 0 Å². The van der Waals surface area contributed by atoms with Crippen molar-refractivity contribution in [3.05, 3.63) is 48.3 Å². The molecule has 1 fully saturated rings. The van der Waals surface area contributed by atoms with Gasteiger partial charge >= 0.3 is 0 Å². The molecule has 2 aromatic rings. The average molecular weight is 269 g/mol. The van der Waals surface area contributed by atoms with Gasteiger partial charge in [0, 0.05) is 38.9 Å². The highest BCUT2D eigenvalue weighted by Gasteiger charge is 2.18. The van der Waals surface area contributed by atoms with E-state index in [-0.39, 0.29) is 0 Å². The number of rotatable bonds is 3. The molecular formula is C15H19N5. The van der Waals surface area contributed by atoms with Crippen LogP contribution in [0.15, 0.2) is 42.6 Å². The molecule has 104 valence electrons. The topological polar surface area (TPSA) is 58.3 Å². The van der Waals surface area contributed by atoms with Crippen molar-refractivity contribution in [1.82, 2.24) is 14.9 Å². The molecule has 3 heterocycles. The Balaban J connectivity index is 1.56. The van der Waals surface area contributed by atoms with Gasteiger partial charge in [0.25, 0.3) is 0 Å². The van der Waals surface area contributed by atoms with E-state index in [1.54, 1.807) is 0 Å². The summed E-state index contributed by atoms with van der Waals surface area (Å²) < 4.78 is 0. The molecule has 0 amide bonds. The normalized spacial score (nSPS) is 16.3. The van der Waals surface area contributed by atoms with Gasteiger partial charge in [-0.05, 0) is 24.3 Å². The quantitative estimate of drug-likeness (QED) is 0.912. The molecule has 1 aliphatic heterocycles. The summed E-state index contributed by atoms with van der Waals surface area (Å²) in [4.78, 5) is 13.5. The largest absolute Gasteiger partial charge is 0.384 e. The Morgan fingerprint density at radius 2 is 1.85 bits per heavy atom. The van der Waals surface area contributed by atoms with Crippen LogP contribution in [0.25, 0.3) is 0 Å². The SMILES string of the molecule is Nc1cccc(CN2CCN(c3ccccn3)CC2)n1. The van der Waals surface area contributed by atoms with Crippen LogP contribution in [-0.2, 0) is 6.54 Å². The lowest BCUT2D eigenvalue weighted by Gasteiger charge is -2.35. The number of nitrogens with two attached hydrogens (primary N) is 1. The zero-order chi connectivity index (χ0) is 13.8. The molecule has 0 bridgehead atoms. The summed E-state index contributed by atoms with van der Waals surface area (Å²) in [7, 11) is 0. The van der Waals surface area contributed by atoms with Crippen LogP contribution >= 0.6 is 0 Å². The Labute approximate surface area is 119 Å². The van der Waals surface area contributed by atoms with Gasteiger partial charge in [-0.25, -0.2) is 9.97 Å². The Morgan fingerprint density at radius 1 is 1.00 bits per heavy atom. The highest BCUT2D eigenvalue weighted by molar-refractivity contribution is 5.38. The fourth-order valence-corrected chi connectivity index (χ4v) is 2.49. The lowest BCUT2D eigenvalue weighted by atomic mass is 10.2. The summed E-state index contributed by atoms with van der Waals surface area (Å²) in [5, 5.41) is 0. The lowest BCUT2D eigenvalue weighted by Crippen LogP contribution is -2.46. The van der Waals surface area contributed by atoms with Gasteiger partial charge in [-0.3, -0.25) is 4.90 Å². The molecule has 0 spiro atoms. The van der Waals surface area contributed by atoms with Crippen molar-refractivity contribution >= 4 is 11.6 Å². The fraction of sp³-hybridized carbons (Fsp3) is 0.333. The molecule has 1 saturated heterocycles.